The highest BCUT2D eigenvalue weighted by atomic mass is 35.5. The number of nitrogens with zero attached hydrogens (tertiary/aromatic N) is 5. The van der Waals surface area contributed by atoms with Crippen molar-refractivity contribution in [1.29, 1.82) is 0 Å². The highest BCUT2D eigenvalue weighted by molar-refractivity contribution is 7.19. The molecular weight excluding hydrogens is 695 g/mol. The van der Waals surface area contributed by atoms with Gasteiger partial charge < -0.3 is 35.0 Å². The predicted molar refractivity (Wildman–Crippen MR) is 193 cm³/mol. The molecule has 12 nitrogen and oxygen atoms in total. The van der Waals surface area contributed by atoms with E-state index in [1.54, 1.807) is 49.4 Å². The van der Waals surface area contributed by atoms with E-state index in [0.29, 0.717) is 31.3 Å². The Balaban J connectivity index is 0.000000348. The van der Waals surface area contributed by atoms with Gasteiger partial charge in [0.25, 0.3) is 17.7 Å². The Hall–Kier alpha value is -3.37. The monoisotopic (exact) mass is 734 g/mol. The minimum atomic E-state index is -0.305. The molecule has 3 aromatic rings. The molecule has 3 rings (SSSR count). The molecule has 0 saturated carbocycles. The molecule has 3 amide bonds. The molecule has 254 valence electrons. The van der Waals surface area contributed by atoms with E-state index in [4.69, 9.17) is 38.4 Å². The molecule has 0 aromatic carbocycles. The largest absolute Gasteiger partial charge is 0.504 e. The summed E-state index contributed by atoms with van der Waals surface area (Å²) in [7, 11) is 13.0. The van der Waals surface area contributed by atoms with Gasteiger partial charge in [0.15, 0.2) is 17.2 Å². The van der Waals surface area contributed by atoms with E-state index >= 15 is 0 Å². The second-order valence-corrected chi connectivity index (χ2v) is 14.4. The van der Waals surface area contributed by atoms with E-state index in [0.717, 1.165) is 28.4 Å². The molecule has 0 bridgehead atoms. The van der Waals surface area contributed by atoms with Crippen LogP contribution in [0.3, 0.4) is 0 Å². The van der Waals surface area contributed by atoms with Crippen LogP contribution in [0.15, 0.2) is 15.4 Å². The normalized spacial score (nSPS) is 9.96. The maximum atomic E-state index is 11.9. The first-order chi connectivity index (χ1) is 21.3. The lowest BCUT2D eigenvalue weighted by atomic mass is 10.3. The van der Waals surface area contributed by atoms with Gasteiger partial charge in [0.05, 0.1) is 14.2 Å². The molecule has 46 heavy (non-hydrogen) atoms. The van der Waals surface area contributed by atoms with Gasteiger partial charge >= 0.3 is 0 Å². The van der Waals surface area contributed by atoms with Crippen LogP contribution in [0, 0.1) is 0 Å². The SMILES string of the molecule is CN(C)C(=O)c1sc(Cl)c(N)c1O.COc1c(C(=O)N(C)C)sc(Cl)c1N=C(C)C.COc1c(N=C(C)C)csc1C(=O)N(C)C. The van der Waals surface area contributed by atoms with Crippen molar-refractivity contribution in [3.63, 3.8) is 0 Å². The molecule has 17 heteroatoms. The molecule has 3 heterocycles. The van der Waals surface area contributed by atoms with Gasteiger partial charge in [-0.3, -0.25) is 24.4 Å². The van der Waals surface area contributed by atoms with E-state index in [-0.39, 0.29) is 38.4 Å². The number of halogens is 2. The van der Waals surface area contributed by atoms with E-state index in [1.165, 1.54) is 44.5 Å². The van der Waals surface area contributed by atoms with Crippen LogP contribution in [0.2, 0.25) is 8.67 Å². The van der Waals surface area contributed by atoms with Crippen LogP contribution in [-0.4, -0.2) is 105 Å². The van der Waals surface area contributed by atoms with Crippen LogP contribution in [0.4, 0.5) is 17.1 Å². The fourth-order valence-electron chi connectivity index (χ4n) is 3.19. The summed E-state index contributed by atoms with van der Waals surface area (Å²) < 4.78 is 11.2. The van der Waals surface area contributed by atoms with Crippen molar-refractivity contribution in [2.24, 2.45) is 9.98 Å². The Kier molecular flexibility index (Phi) is 16.0. The van der Waals surface area contributed by atoms with Gasteiger partial charge in [-0.25, -0.2) is 0 Å². The van der Waals surface area contributed by atoms with Crippen LogP contribution < -0.4 is 15.2 Å². The number of nitrogens with two attached hydrogens (primary N) is 1. The summed E-state index contributed by atoms with van der Waals surface area (Å²) >= 11 is 15.2. The maximum absolute atomic E-state index is 11.9. The smallest absolute Gasteiger partial charge is 0.267 e. The van der Waals surface area contributed by atoms with Crippen LogP contribution in [0.25, 0.3) is 0 Å². The average Bonchev–Trinajstić information content (AvgIpc) is 3.60. The van der Waals surface area contributed by atoms with Crippen LogP contribution >= 0.6 is 57.2 Å². The molecule has 0 aliphatic rings. The number of ether oxygens (including phenoxy) is 2. The van der Waals surface area contributed by atoms with Crippen molar-refractivity contribution in [3.05, 3.63) is 28.7 Å². The average molecular weight is 736 g/mol. The highest BCUT2D eigenvalue weighted by Crippen LogP contribution is 2.46. The Bertz CT molecular complexity index is 1600. The van der Waals surface area contributed by atoms with Crippen LogP contribution in [-0.2, 0) is 0 Å². The topological polar surface area (TPSA) is 150 Å². The summed E-state index contributed by atoms with van der Waals surface area (Å²) in [5, 5.41) is 11.2. The van der Waals surface area contributed by atoms with Crippen LogP contribution in [0.5, 0.6) is 17.2 Å². The van der Waals surface area contributed by atoms with Crippen molar-refractivity contribution in [2.75, 3.05) is 62.2 Å². The lowest BCUT2D eigenvalue weighted by Gasteiger charge is -2.10. The van der Waals surface area contributed by atoms with Gasteiger partial charge in [-0.15, -0.1) is 34.0 Å². The molecular formula is C29H40Cl2N6O6S3. The van der Waals surface area contributed by atoms with E-state index < -0.39 is 0 Å². The number of thiophene rings is 3. The molecule has 0 saturated heterocycles. The Morgan fingerprint density at radius 2 is 1.17 bits per heavy atom. The maximum Gasteiger partial charge on any atom is 0.267 e. The highest BCUT2D eigenvalue weighted by Gasteiger charge is 2.24. The number of nitrogen functional groups attached to an aromatic ring is 1. The van der Waals surface area contributed by atoms with Crippen molar-refractivity contribution >= 4 is 103 Å². The lowest BCUT2D eigenvalue weighted by molar-refractivity contribution is 0.0822. The molecule has 3 aromatic heterocycles. The quantitative estimate of drug-likeness (QED) is 0.244. The zero-order valence-corrected chi connectivity index (χ0v) is 31.8. The minimum Gasteiger partial charge on any atom is -0.504 e. The number of rotatable bonds is 7. The molecule has 0 atom stereocenters. The van der Waals surface area contributed by atoms with E-state index in [9.17, 15) is 19.5 Å². The van der Waals surface area contributed by atoms with Gasteiger partial charge in [0.1, 0.15) is 40.4 Å². The summed E-state index contributed by atoms with van der Waals surface area (Å²) in [5.74, 6) is 0.278. The summed E-state index contributed by atoms with van der Waals surface area (Å²) in [4.78, 5) is 49.4. The minimum absolute atomic E-state index is 0.0583. The number of carbonyl (C=O) groups excluding carboxylic acids is 3. The van der Waals surface area contributed by atoms with Gasteiger partial charge in [0, 0.05) is 59.1 Å². The zero-order valence-electron chi connectivity index (χ0n) is 27.9. The van der Waals surface area contributed by atoms with Gasteiger partial charge in [-0.05, 0) is 27.7 Å². The first-order valence-electron chi connectivity index (χ1n) is 13.3. The van der Waals surface area contributed by atoms with Gasteiger partial charge in [0.2, 0.25) is 0 Å². The summed E-state index contributed by atoms with van der Waals surface area (Å²) in [5.41, 5.74) is 8.50. The second-order valence-electron chi connectivity index (χ2n) is 10.3. The fourth-order valence-corrected chi connectivity index (χ4v) is 6.66. The second kappa shape index (κ2) is 18.1. The van der Waals surface area contributed by atoms with Crippen molar-refractivity contribution < 1.29 is 29.0 Å². The van der Waals surface area contributed by atoms with Crippen molar-refractivity contribution in [1.82, 2.24) is 14.7 Å². The molecule has 0 radical (unpaired) electrons. The molecule has 0 unspecified atom stereocenters. The van der Waals surface area contributed by atoms with Crippen molar-refractivity contribution in [2.45, 2.75) is 27.7 Å². The third kappa shape index (κ3) is 10.6. The number of methoxy groups -OCH3 is 2. The molecule has 3 N–H and O–H groups in total. The van der Waals surface area contributed by atoms with Gasteiger partial charge in [-0.1, -0.05) is 23.2 Å². The Morgan fingerprint density at radius 3 is 1.57 bits per heavy atom. The van der Waals surface area contributed by atoms with E-state index in [2.05, 4.69) is 9.98 Å². The zero-order chi connectivity index (χ0) is 35.6. The van der Waals surface area contributed by atoms with Crippen LogP contribution in [0.1, 0.15) is 56.7 Å². The number of amides is 3. The third-order valence-electron chi connectivity index (χ3n) is 5.29. The predicted octanol–water partition coefficient (Wildman–Crippen LogP) is 7.19. The van der Waals surface area contributed by atoms with E-state index in [1.807, 2.05) is 33.1 Å². The summed E-state index contributed by atoms with van der Waals surface area (Å²) in [6.07, 6.45) is 0. The number of aliphatic imine (C=N–C) groups is 2. The third-order valence-corrected chi connectivity index (χ3v) is 8.98. The number of aromatic hydroxyl groups is 1. The number of carbonyl (C=O) groups is 3. The Labute approximate surface area is 291 Å². The number of hydrogen-bond donors (Lipinski definition) is 2. The lowest BCUT2D eigenvalue weighted by Crippen LogP contribution is -2.21. The summed E-state index contributed by atoms with van der Waals surface area (Å²) in [6, 6.07) is 0. The standard InChI is InChI=1S/C11H15ClN2O2S.C11H16N2O2S.C7H9ClN2O2S/c1-6(2)13-7-8(16-5)9(17-10(7)12)11(15)14(3)4;1-7(2)12-8-6-16-10(9(8)15-5)11(14)13(3)4;1-10(2)7(12)5-4(11)3(9)6(8)13-5/h1-5H3;6H,1-5H3;11H,9H2,1-2H3. The number of anilines is 1. The molecule has 0 aliphatic heterocycles. The first kappa shape index (κ1) is 40.7. The van der Waals surface area contributed by atoms with Crippen molar-refractivity contribution in [3.8, 4) is 17.2 Å². The Morgan fingerprint density at radius 1 is 0.739 bits per heavy atom. The summed E-state index contributed by atoms with van der Waals surface area (Å²) in [6.45, 7) is 7.54. The van der Waals surface area contributed by atoms with Gasteiger partial charge in [-0.2, -0.15) is 0 Å². The fraction of sp³-hybridized carbons (Fsp3) is 0.414. The molecule has 0 fully saturated rings. The number of hydrogen-bond acceptors (Lipinski definition) is 12. The molecule has 0 spiro atoms. The molecule has 0 aliphatic carbocycles. The first-order valence-corrected chi connectivity index (χ1v) is 16.5.